The summed E-state index contributed by atoms with van der Waals surface area (Å²) in [6.07, 6.45) is 0.360. The fourth-order valence-corrected chi connectivity index (χ4v) is 2.21. The lowest BCUT2D eigenvalue weighted by Gasteiger charge is -2.25. The minimum Gasteiger partial charge on any atom is -0.383 e. The van der Waals surface area contributed by atoms with Crippen molar-refractivity contribution in [2.24, 2.45) is 0 Å². The summed E-state index contributed by atoms with van der Waals surface area (Å²) in [5.74, 6) is -0.258. The van der Waals surface area contributed by atoms with Gasteiger partial charge in [-0.3, -0.25) is 0 Å². The van der Waals surface area contributed by atoms with Gasteiger partial charge in [0, 0.05) is 26.2 Å². The predicted molar refractivity (Wildman–Crippen MR) is 82.8 cm³/mol. The van der Waals surface area contributed by atoms with Crippen LogP contribution in [0.5, 0.6) is 0 Å². The minimum absolute atomic E-state index is 0.116. The number of rotatable bonds is 9. The van der Waals surface area contributed by atoms with Crippen LogP contribution >= 0.6 is 0 Å². The van der Waals surface area contributed by atoms with E-state index < -0.39 is 0 Å². The van der Waals surface area contributed by atoms with Crippen molar-refractivity contribution in [2.45, 2.75) is 26.3 Å². The van der Waals surface area contributed by atoms with Gasteiger partial charge < -0.3 is 15.0 Å². The Labute approximate surface area is 126 Å². The molecule has 0 aromatic heterocycles. The molecule has 1 aromatic carbocycles. The fourth-order valence-electron chi connectivity index (χ4n) is 2.21. The summed E-state index contributed by atoms with van der Waals surface area (Å²) in [5, 5.41) is 12.0. The smallest absolute Gasteiger partial charge is 0.146 e. The van der Waals surface area contributed by atoms with Gasteiger partial charge in [0.25, 0.3) is 0 Å². The van der Waals surface area contributed by atoms with Crippen molar-refractivity contribution in [3.05, 3.63) is 29.6 Å². The average Bonchev–Trinajstić information content (AvgIpc) is 2.48. The summed E-state index contributed by atoms with van der Waals surface area (Å²) < 4.78 is 19.4. The molecule has 0 bridgehead atoms. The Balaban J connectivity index is 2.90. The van der Waals surface area contributed by atoms with Gasteiger partial charge >= 0.3 is 0 Å². The van der Waals surface area contributed by atoms with Gasteiger partial charge in [-0.25, -0.2) is 4.39 Å². The molecule has 5 heteroatoms. The Hall–Kier alpha value is -1.64. The van der Waals surface area contributed by atoms with E-state index in [9.17, 15) is 4.39 Å². The van der Waals surface area contributed by atoms with Crippen LogP contribution in [0.1, 0.15) is 31.9 Å². The van der Waals surface area contributed by atoms with Gasteiger partial charge in [-0.2, -0.15) is 5.26 Å². The van der Waals surface area contributed by atoms with Crippen molar-refractivity contribution in [2.75, 3.05) is 38.3 Å². The molecule has 1 unspecified atom stereocenters. The normalized spacial score (nSPS) is 12.0. The molecule has 0 spiro atoms. The standard InChI is InChI=1S/C16H24FN3O/c1-4-19-13(2)14-6-7-16(15(17)12-14)20(9-5-8-18)10-11-21-3/h6-7,12-13,19H,4-5,9-11H2,1-3H3. The van der Waals surface area contributed by atoms with Crippen molar-refractivity contribution in [1.29, 1.82) is 5.26 Å². The van der Waals surface area contributed by atoms with Gasteiger partial charge in [0.15, 0.2) is 0 Å². The van der Waals surface area contributed by atoms with Crippen LogP contribution in [0, 0.1) is 17.1 Å². The van der Waals surface area contributed by atoms with E-state index in [1.165, 1.54) is 0 Å². The molecule has 0 saturated carbocycles. The summed E-state index contributed by atoms with van der Waals surface area (Å²) in [4.78, 5) is 1.85. The Morgan fingerprint density at radius 3 is 2.76 bits per heavy atom. The maximum absolute atomic E-state index is 14.4. The summed E-state index contributed by atoms with van der Waals surface area (Å²) in [6.45, 7) is 6.44. The highest BCUT2D eigenvalue weighted by atomic mass is 19.1. The van der Waals surface area contributed by atoms with Gasteiger partial charge in [0.2, 0.25) is 0 Å². The first-order chi connectivity index (χ1) is 10.1. The zero-order valence-electron chi connectivity index (χ0n) is 13.0. The molecule has 1 rings (SSSR count). The molecule has 0 amide bonds. The minimum atomic E-state index is -0.258. The highest BCUT2D eigenvalue weighted by Crippen LogP contribution is 2.23. The van der Waals surface area contributed by atoms with Gasteiger partial charge in [-0.15, -0.1) is 0 Å². The molecular weight excluding hydrogens is 269 g/mol. The largest absolute Gasteiger partial charge is 0.383 e. The van der Waals surface area contributed by atoms with E-state index in [2.05, 4.69) is 11.4 Å². The molecule has 0 radical (unpaired) electrons. The van der Waals surface area contributed by atoms with Crippen molar-refractivity contribution in [3.63, 3.8) is 0 Å². The Kier molecular flexibility index (Phi) is 7.73. The first kappa shape index (κ1) is 17.4. The van der Waals surface area contributed by atoms with E-state index in [0.29, 0.717) is 31.8 Å². The first-order valence-electron chi connectivity index (χ1n) is 7.27. The van der Waals surface area contributed by atoms with Crippen LogP contribution in [0.15, 0.2) is 18.2 Å². The Bertz CT molecular complexity index is 473. The molecule has 0 aliphatic carbocycles. The number of benzene rings is 1. The maximum Gasteiger partial charge on any atom is 0.146 e. The average molecular weight is 293 g/mol. The molecule has 21 heavy (non-hydrogen) atoms. The quantitative estimate of drug-likeness (QED) is 0.760. The first-order valence-corrected chi connectivity index (χ1v) is 7.27. The number of nitrogens with zero attached hydrogens (tertiary/aromatic N) is 2. The van der Waals surface area contributed by atoms with Crippen molar-refractivity contribution >= 4 is 5.69 Å². The van der Waals surface area contributed by atoms with E-state index in [1.54, 1.807) is 19.2 Å². The van der Waals surface area contributed by atoms with Crippen LogP contribution in [0.3, 0.4) is 0 Å². The molecule has 0 aliphatic rings. The molecule has 1 aromatic rings. The van der Waals surface area contributed by atoms with E-state index >= 15 is 0 Å². The molecule has 0 aliphatic heterocycles. The summed E-state index contributed by atoms with van der Waals surface area (Å²) in [7, 11) is 1.61. The topological polar surface area (TPSA) is 48.3 Å². The molecule has 1 N–H and O–H groups in total. The molecule has 1 atom stereocenters. The zero-order valence-corrected chi connectivity index (χ0v) is 13.0. The lowest BCUT2D eigenvalue weighted by Crippen LogP contribution is -2.29. The molecule has 0 heterocycles. The predicted octanol–water partition coefficient (Wildman–Crippen LogP) is 2.86. The zero-order chi connectivity index (χ0) is 15.7. The number of ether oxygens (including phenoxy) is 1. The molecular formula is C16H24FN3O. The van der Waals surface area contributed by atoms with Crippen LogP contribution in [0.25, 0.3) is 0 Å². The van der Waals surface area contributed by atoms with Gasteiger partial charge in [0.1, 0.15) is 5.82 Å². The molecule has 116 valence electrons. The van der Waals surface area contributed by atoms with Crippen molar-refractivity contribution in [3.8, 4) is 6.07 Å². The van der Waals surface area contributed by atoms with E-state index in [0.717, 1.165) is 12.1 Å². The highest BCUT2D eigenvalue weighted by Gasteiger charge is 2.13. The third kappa shape index (κ3) is 5.33. The monoisotopic (exact) mass is 293 g/mol. The van der Waals surface area contributed by atoms with Crippen LogP contribution in [0.2, 0.25) is 0 Å². The Morgan fingerprint density at radius 1 is 1.43 bits per heavy atom. The van der Waals surface area contributed by atoms with Gasteiger partial charge in [-0.1, -0.05) is 13.0 Å². The number of methoxy groups -OCH3 is 1. The van der Waals surface area contributed by atoms with Crippen LogP contribution in [-0.2, 0) is 4.74 Å². The second-order valence-electron chi connectivity index (χ2n) is 4.88. The third-order valence-electron chi connectivity index (χ3n) is 3.38. The number of hydrogen-bond acceptors (Lipinski definition) is 4. The lowest BCUT2D eigenvalue weighted by atomic mass is 10.1. The number of nitrogens with one attached hydrogen (secondary N) is 1. The number of halogens is 1. The third-order valence-corrected chi connectivity index (χ3v) is 3.38. The number of nitriles is 1. The SMILES string of the molecule is CCNC(C)c1ccc(N(CCC#N)CCOC)c(F)c1. The number of hydrogen-bond donors (Lipinski definition) is 1. The molecule has 0 fully saturated rings. The van der Waals surface area contributed by atoms with Crippen molar-refractivity contribution < 1.29 is 9.13 Å². The van der Waals surface area contributed by atoms with E-state index in [4.69, 9.17) is 10.00 Å². The molecule has 4 nitrogen and oxygen atoms in total. The number of anilines is 1. The van der Waals surface area contributed by atoms with E-state index in [1.807, 2.05) is 24.8 Å². The summed E-state index contributed by atoms with van der Waals surface area (Å²) in [5.41, 5.74) is 1.44. The molecule has 0 saturated heterocycles. The second kappa shape index (κ2) is 9.32. The summed E-state index contributed by atoms with van der Waals surface area (Å²) in [6, 6.07) is 7.49. The van der Waals surface area contributed by atoms with Crippen molar-refractivity contribution in [1.82, 2.24) is 5.32 Å². The highest BCUT2D eigenvalue weighted by molar-refractivity contribution is 5.49. The van der Waals surface area contributed by atoms with Gasteiger partial charge in [-0.05, 0) is 31.2 Å². The second-order valence-corrected chi connectivity index (χ2v) is 4.88. The van der Waals surface area contributed by atoms with Crippen LogP contribution in [-0.4, -0.2) is 33.4 Å². The maximum atomic E-state index is 14.4. The van der Waals surface area contributed by atoms with Gasteiger partial charge in [0.05, 0.1) is 24.8 Å². The lowest BCUT2D eigenvalue weighted by molar-refractivity contribution is 0.205. The Morgan fingerprint density at radius 2 is 2.19 bits per heavy atom. The fraction of sp³-hybridized carbons (Fsp3) is 0.562. The van der Waals surface area contributed by atoms with E-state index in [-0.39, 0.29) is 11.9 Å². The summed E-state index contributed by atoms with van der Waals surface area (Å²) >= 11 is 0. The van der Waals surface area contributed by atoms with Crippen LogP contribution < -0.4 is 10.2 Å². The van der Waals surface area contributed by atoms with Crippen LogP contribution in [0.4, 0.5) is 10.1 Å².